The van der Waals surface area contributed by atoms with Gasteiger partial charge >= 0.3 is 5.97 Å². The van der Waals surface area contributed by atoms with Crippen LogP contribution in [0.25, 0.3) is 0 Å². The molecule has 1 fully saturated rings. The van der Waals surface area contributed by atoms with Crippen LogP contribution in [-0.4, -0.2) is 18.6 Å². The van der Waals surface area contributed by atoms with Gasteiger partial charge in [0.15, 0.2) is 0 Å². The summed E-state index contributed by atoms with van der Waals surface area (Å²) in [4.78, 5) is 11.7. The summed E-state index contributed by atoms with van der Waals surface area (Å²) in [5.41, 5.74) is 5.67. The topological polar surface area (TPSA) is 52.3 Å². The molecule has 0 amide bonds. The van der Waals surface area contributed by atoms with Crippen LogP contribution in [0.5, 0.6) is 0 Å². The summed E-state index contributed by atoms with van der Waals surface area (Å²) in [6.45, 7) is 4.90. The molecule has 17 heavy (non-hydrogen) atoms. The summed E-state index contributed by atoms with van der Waals surface area (Å²) in [6, 6.07) is 0. The van der Waals surface area contributed by atoms with Crippen LogP contribution >= 0.6 is 12.4 Å². The number of rotatable bonds is 6. The van der Waals surface area contributed by atoms with E-state index < -0.39 is 0 Å². The van der Waals surface area contributed by atoms with Crippen LogP contribution in [0.15, 0.2) is 0 Å². The third-order valence-corrected chi connectivity index (χ3v) is 3.19. The molecule has 0 heterocycles. The lowest BCUT2D eigenvalue weighted by atomic mass is 9.94. The van der Waals surface area contributed by atoms with Crippen LogP contribution in [0.3, 0.4) is 0 Å². The normalized spacial score (nSPS) is 17.9. The second kappa shape index (κ2) is 8.76. The van der Waals surface area contributed by atoms with Crippen LogP contribution in [0, 0.1) is 11.8 Å². The first kappa shape index (κ1) is 16.7. The number of hydrogen-bond donors (Lipinski definition) is 1. The zero-order valence-corrected chi connectivity index (χ0v) is 11.8. The summed E-state index contributed by atoms with van der Waals surface area (Å²) in [6.07, 6.45) is 6.17. The predicted molar refractivity (Wildman–Crippen MR) is 72.2 cm³/mol. The minimum absolute atomic E-state index is 0. The van der Waals surface area contributed by atoms with Crippen LogP contribution in [0.1, 0.15) is 52.4 Å². The average molecular weight is 264 g/mol. The molecule has 0 aromatic carbocycles. The smallest absolute Gasteiger partial charge is 0.306 e. The van der Waals surface area contributed by atoms with Crippen molar-refractivity contribution in [2.24, 2.45) is 17.6 Å². The molecule has 0 bridgehead atoms. The predicted octanol–water partition coefficient (Wildman–Crippen LogP) is 2.91. The van der Waals surface area contributed by atoms with E-state index in [4.69, 9.17) is 10.5 Å². The number of esters is 1. The van der Waals surface area contributed by atoms with E-state index in [1.54, 1.807) is 0 Å². The molecule has 1 aliphatic rings. The van der Waals surface area contributed by atoms with E-state index >= 15 is 0 Å². The third-order valence-electron chi connectivity index (χ3n) is 3.19. The van der Waals surface area contributed by atoms with Gasteiger partial charge in [0.1, 0.15) is 6.10 Å². The number of nitrogens with two attached hydrogens (primary N) is 1. The molecule has 3 nitrogen and oxygen atoms in total. The molecular formula is C13H26ClNO2. The van der Waals surface area contributed by atoms with E-state index in [0.717, 1.165) is 19.3 Å². The molecule has 0 aromatic heterocycles. The molecule has 0 saturated heterocycles. The van der Waals surface area contributed by atoms with Gasteiger partial charge in [0, 0.05) is 6.42 Å². The second-order valence-electron chi connectivity index (χ2n) is 5.33. The van der Waals surface area contributed by atoms with Crippen molar-refractivity contribution in [3.8, 4) is 0 Å². The Morgan fingerprint density at radius 2 is 1.94 bits per heavy atom. The van der Waals surface area contributed by atoms with E-state index in [0.29, 0.717) is 18.9 Å². The minimum atomic E-state index is -0.0528. The van der Waals surface area contributed by atoms with Crippen LogP contribution in [-0.2, 0) is 9.53 Å². The first-order valence-corrected chi connectivity index (χ1v) is 6.51. The number of carbonyl (C=O) groups is 1. The van der Waals surface area contributed by atoms with Crippen molar-refractivity contribution in [1.82, 2.24) is 0 Å². The average Bonchev–Trinajstić information content (AvgIpc) is 2.68. The zero-order valence-electron chi connectivity index (χ0n) is 11.0. The Balaban J connectivity index is 0.00000256. The van der Waals surface area contributed by atoms with Crippen LogP contribution < -0.4 is 5.73 Å². The maximum absolute atomic E-state index is 11.7. The van der Waals surface area contributed by atoms with Crippen molar-refractivity contribution >= 4 is 18.4 Å². The van der Waals surface area contributed by atoms with Gasteiger partial charge in [-0.1, -0.05) is 13.8 Å². The summed E-state index contributed by atoms with van der Waals surface area (Å²) in [5.74, 6) is 0.824. The van der Waals surface area contributed by atoms with Crippen molar-refractivity contribution in [3.05, 3.63) is 0 Å². The Labute approximate surface area is 111 Å². The summed E-state index contributed by atoms with van der Waals surface area (Å²) in [7, 11) is 0. The molecule has 1 rings (SSSR count). The van der Waals surface area contributed by atoms with Gasteiger partial charge in [-0.15, -0.1) is 12.4 Å². The van der Waals surface area contributed by atoms with E-state index in [2.05, 4.69) is 13.8 Å². The number of carbonyl (C=O) groups excluding carboxylic acids is 1. The van der Waals surface area contributed by atoms with Gasteiger partial charge < -0.3 is 10.5 Å². The van der Waals surface area contributed by atoms with Crippen molar-refractivity contribution in [1.29, 1.82) is 0 Å². The third kappa shape index (κ3) is 6.89. The maximum Gasteiger partial charge on any atom is 0.306 e. The first-order valence-electron chi connectivity index (χ1n) is 6.51. The van der Waals surface area contributed by atoms with Crippen molar-refractivity contribution < 1.29 is 9.53 Å². The van der Waals surface area contributed by atoms with Gasteiger partial charge in [-0.25, -0.2) is 0 Å². The number of halogens is 1. The highest BCUT2D eigenvalue weighted by atomic mass is 35.5. The van der Waals surface area contributed by atoms with Crippen LogP contribution in [0.4, 0.5) is 0 Å². The van der Waals surface area contributed by atoms with E-state index in [1.165, 1.54) is 12.8 Å². The standard InChI is InChI=1S/C13H25NO2.ClH/c1-10(2)7-11(9-14)8-13(15)16-12-5-3-4-6-12;/h10-12H,3-9,14H2,1-2H3;1H/t11-;/m0./s1. The molecule has 0 spiro atoms. The molecule has 102 valence electrons. The quantitative estimate of drug-likeness (QED) is 0.750. The maximum atomic E-state index is 11.7. The molecule has 0 unspecified atom stereocenters. The molecule has 1 atom stereocenters. The van der Waals surface area contributed by atoms with E-state index in [9.17, 15) is 4.79 Å². The number of hydrogen-bond acceptors (Lipinski definition) is 3. The van der Waals surface area contributed by atoms with Crippen molar-refractivity contribution in [3.63, 3.8) is 0 Å². The Morgan fingerprint density at radius 1 is 1.35 bits per heavy atom. The molecule has 1 aliphatic carbocycles. The van der Waals surface area contributed by atoms with Gasteiger partial charge in [0.25, 0.3) is 0 Å². The lowest BCUT2D eigenvalue weighted by Crippen LogP contribution is -2.23. The van der Waals surface area contributed by atoms with Crippen LogP contribution in [0.2, 0.25) is 0 Å². The van der Waals surface area contributed by atoms with Gasteiger partial charge in [-0.05, 0) is 50.5 Å². The molecular weight excluding hydrogens is 238 g/mol. The van der Waals surface area contributed by atoms with Crippen molar-refractivity contribution in [2.45, 2.75) is 58.5 Å². The fourth-order valence-corrected chi connectivity index (χ4v) is 2.41. The molecule has 0 aromatic rings. The Bertz CT molecular complexity index is 215. The minimum Gasteiger partial charge on any atom is -0.462 e. The molecule has 0 radical (unpaired) electrons. The first-order chi connectivity index (χ1) is 7.61. The largest absolute Gasteiger partial charge is 0.462 e. The molecule has 4 heteroatoms. The van der Waals surface area contributed by atoms with E-state index in [-0.39, 0.29) is 30.4 Å². The molecule has 0 aliphatic heterocycles. The van der Waals surface area contributed by atoms with Crippen molar-refractivity contribution in [2.75, 3.05) is 6.54 Å². The highest BCUT2D eigenvalue weighted by Gasteiger charge is 2.21. The lowest BCUT2D eigenvalue weighted by Gasteiger charge is -2.18. The summed E-state index contributed by atoms with van der Waals surface area (Å²) in [5, 5.41) is 0. The zero-order chi connectivity index (χ0) is 12.0. The molecule has 1 saturated carbocycles. The highest BCUT2D eigenvalue weighted by Crippen LogP contribution is 2.22. The van der Waals surface area contributed by atoms with Gasteiger partial charge in [0.2, 0.25) is 0 Å². The highest BCUT2D eigenvalue weighted by molar-refractivity contribution is 5.85. The second-order valence-corrected chi connectivity index (χ2v) is 5.33. The van der Waals surface area contributed by atoms with Gasteiger partial charge in [-0.3, -0.25) is 4.79 Å². The van der Waals surface area contributed by atoms with E-state index in [1.807, 2.05) is 0 Å². The van der Waals surface area contributed by atoms with Gasteiger partial charge in [0.05, 0.1) is 0 Å². The summed E-state index contributed by atoms with van der Waals surface area (Å²) >= 11 is 0. The monoisotopic (exact) mass is 263 g/mol. The fourth-order valence-electron chi connectivity index (χ4n) is 2.41. The fraction of sp³-hybridized carbons (Fsp3) is 0.923. The lowest BCUT2D eigenvalue weighted by molar-refractivity contribution is -0.149. The Kier molecular flexibility index (Phi) is 8.61. The Morgan fingerprint density at radius 3 is 2.41 bits per heavy atom. The number of ether oxygens (including phenoxy) is 1. The Hall–Kier alpha value is -0.280. The summed E-state index contributed by atoms with van der Waals surface area (Å²) < 4.78 is 5.43. The SMILES string of the molecule is CC(C)C[C@H](CN)CC(=O)OC1CCCC1.Cl. The van der Waals surface area contributed by atoms with Gasteiger partial charge in [-0.2, -0.15) is 0 Å². The molecule has 2 N–H and O–H groups in total.